The normalized spacial score (nSPS) is 23.6. The number of quaternary nitrogens is 2. The lowest BCUT2D eigenvalue weighted by Crippen LogP contribution is -3.29. The molecule has 0 aromatic heterocycles. The minimum atomic E-state index is -0.407. The van der Waals surface area contributed by atoms with Gasteiger partial charge in [0.1, 0.15) is 32.0 Å². The first-order valence-corrected chi connectivity index (χ1v) is 7.83. The predicted molar refractivity (Wildman–Crippen MR) is 81.4 cm³/mol. The van der Waals surface area contributed by atoms with E-state index in [0.29, 0.717) is 5.69 Å². The van der Waals surface area contributed by atoms with Crippen molar-refractivity contribution in [2.45, 2.75) is 19.9 Å². The Morgan fingerprint density at radius 1 is 1.38 bits per heavy atom. The molecule has 1 heterocycles. The number of benzene rings is 1. The Hall–Kier alpha value is -1.17. The highest BCUT2D eigenvalue weighted by Gasteiger charge is 2.30. The number of hydrogen-bond acceptors (Lipinski definition) is 1. The van der Waals surface area contributed by atoms with E-state index in [1.54, 1.807) is 4.90 Å². The molecule has 1 fully saturated rings. The Balaban J connectivity index is 1.93. The first-order chi connectivity index (χ1) is 10.0. The second-order valence-electron chi connectivity index (χ2n) is 5.60. The number of rotatable bonds is 4. The van der Waals surface area contributed by atoms with Crippen LogP contribution in [0.2, 0.25) is 5.02 Å². The summed E-state index contributed by atoms with van der Waals surface area (Å²) in [5, 5.41) is 3.02. The molecule has 0 bridgehead atoms. The van der Waals surface area contributed by atoms with Gasteiger partial charge in [0, 0.05) is 0 Å². The monoisotopic (exact) mass is 315 g/mol. The summed E-state index contributed by atoms with van der Waals surface area (Å²) >= 11 is 5.94. The van der Waals surface area contributed by atoms with Gasteiger partial charge < -0.3 is 15.1 Å². The van der Waals surface area contributed by atoms with Crippen LogP contribution in [0.1, 0.15) is 13.8 Å². The van der Waals surface area contributed by atoms with Gasteiger partial charge in [-0.3, -0.25) is 4.79 Å². The highest BCUT2D eigenvalue weighted by Crippen LogP contribution is 2.22. The van der Waals surface area contributed by atoms with Crippen LogP contribution in [0.3, 0.4) is 0 Å². The fourth-order valence-electron chi connectivity index (χ4n) is 2.73. The van der Waals surface area contributed by atoms with Crippen LogP contribution >= 0.6 is 11.6 Å². The van der Waals surface area contributed by atoms with Crippen LogP contribution in [0.4, 0.5) is 10.1 Å². The minimum Gasteiger partial charge on any atom is -0.326 e. The van der Waals surface area contributed by atoms with E-state index in [1.807, 2.05) is 6.92 Å². The standard InChI is InChI=1S/C15H21ClFN3O/c1-3-19-6-8-20(9-7-19)11(2)15(21)18-14-5-4-12(17)10-13(14)16/h4-5,10-11H,3,6-9H2,1-2H3,(H,18,21)/p+2/t11-/m0/s1. The lowest BCUT2D eigenvalue weighted by Gasteiger charge is -2.32. The molecule has 0 spiro atoms. The number of carbonyl (C=O) groups excluding carboxylic acids is 1. The van der Waals surface area contributed by atoms with Gasteiger partial charge in [-0.1, -0.05) is 11.6 Å². The van der Waals surface area contributed by atoms with Gasteiger partial charge in [0.2, 0.25) is 0 Å². The quantitative estimate of drug-likeness (QED) is 0.696. The lowest BCUT2D eigenvalue weighted by atomic mass is 10.2. The van der Waals surface area contributed by atoms with E-state index in [0.717, 1.165) is 32.7 Å². The summed E-state index contributed by atoms with van der Waals surface area (Å²) in [7, 11) is 0. The maximum atomic E-state index is 13.0. The molecule has 4 nitrogen and oxygen atoms in total. The van der Waals surface area contributed by atoms with Gasteiger partial charge in [-0.05, 0) is 32.0 Å². The smallest absolute Gasteiger partial charge is 0.282 e. The molecule has 0 radical (unpaired) electrons. The molecular weight excluding hydrogens is 293 g/mol. The average Bonchev–Trinajstić information content (AvgIpc) is 2.49. The SMILES string of the molecule is CC[NH+]1CC[NH+]([C@@H](C)C(=O)Nc2ccc(F)cc2Cl)CC1. The van der Waals surface area contributed by atoms with Gasteiger partial charge in [-0.2, -0.15) is 0 Å². The van der Waals surface area contributed by atoms with Crippen molar-refractivity contribution in [3.05, 3.63) is 29.0 Å². The van der Waals surface area contributed by atoms with Crippen LogP contribution in [-0.2, 0) is 4.79 Å². The summed E-state index contributed by atoms with van der Waals surface area (Å²) < 4.78 is 13.0. The van der Waals surface area contributed by atoms with E-state index in [2.05, 4.69) is 12.2 Å². The Labute approximate surface area is 129 Å². The van der Waals surface area contributed by atoms with Crippen molar-refractivity contribution in [2.75, 3.05) is 38.0 Å². The summed E-state index contributed by atoms with van der Waals surface area (Å²) in [4.78, 5) is 15.2. The number of hydrogen-bond donors (Lipinski definition) is 3. The average molecular weight is 316 g/mol. The van der Waals surface area contributed by atoms with E-state index in [9.17, 15) is 9.18 Å². The molecule has 1 aliphatic rings. The highest BCUT2D eigenvalue weighted by molar-refractivity contribution is 6.33. The maximum absolute atomic E-state index is 13.0. The zero-order chi connectivity index (χ0) is 15.4. The summed E-state index contributed by atoms with van der Waals surface area (Å²) in [6, 6.07) is 3.86. The number of amides is 1. The largest absolute Gasteiger partial charge is 0.326 e. The highest BCUT2D eigenvalue weighted by atomic mass is 35.5. The van der Waals surface area contributed by atoms with Gasteiger partial charge in [0.05, 0.1) is 17.3 Å². The summed E-state index contributed by atoms with van der Waals surface area (Å²) in [5.41, 5.74) is 0.465. The lowest BCUT2D eigenvalue weighted by molar-refractivity contribution is -1.02. The van der Waals surface area contributed by atoms with Crippen LogP contribution in [0.5, 0.6) is 0 Å². The van der Waals surface area contributed by atoms with Crippen LogP contribution in [0, 0.1) is 5.82 Å². The summed E-state index contributed by atoms with van der Waals surface area (Å²) in [6.45, 7) is 9.44. The number of anilines is 1. The minimum absolute atomic E-state index is 0.0709. The fraction of sp³-hybridized carbons (Fsp3) is 0.533. The summed E-state index contributed by atoms with van der Waals surface area (Å²) in [6.07, 6.45) is 0. The third-order valence-electron chi connectivity index (χ3n) is 4.29. The van der Waals surface area contributed by atoms with E-state index in [-0.39, 0.29) is 17.0 Å². The first kappa shape index (κ1) is 16.2. The van der Waals surface area contributed by atoms with Crippen LogP contribution < -0.4 is 15.1 Å². The molecule has 1 aromatic rings. The molecule has 0 saturated carbocycles. The van der Waals surface area contributed by atoms with E-state index >= 15 is 0 Å². The molecule has 21 heavy (non-hydrogen) atoms. The topological polar surface area (TPSA) is 38.0 Å². The van der Waals surface area contributed by atoms with Gasteiger partial charge in [0.25, 0.3) is 5.91 Å². The van der Waals surface area contributed by atoms with Crippen molar-refractivity contribution < 1.29 is 19.0 Å². The molecule has 0 unspecified atom stereocenters. The molecule has 1 amide bonds. The summed E-state index contributed by atoms with van der Waals surface area (Å²) in [5.74, 6) is -0.478. The molecule has 1 aliphatic heterocycles. The molecule has 2 rings (SSSR count). The predicted octanol–water partition coefficient (Wildman–Crippen LogP) is -0.391. The zero-order valence-corrected chi connectivity index (χ0v) is 13.3. The fourth-order valence-corrected chi connectivity index (χ4v) is 2.94. The molecular formula is C15H23ClFN3O+2. The Kier molecular flexibility index (Phi) is 5.56. The van der Waals surface area contributed by atoms with Crippen molar-refractivity contribution in [2.24, 2.45) is 0 Å². The number of piperazine rings is 1. The van der Waals surface area contributed by atoms with Crippen molar-refractivity contribution in [1.29, 1.82) is 0 Å². The van der Waals surface area contributed by atoms with E-state index in [4.69, 9.17) is 11.6 Å². The van der Waals surface area contributed by atoms with Crippen LogP contribution in [0.25, 0.3) is 0 Å². The van der Waals surface area contributed by atoms with Crippen molar-refractivity contribution >= 4 is 23.2 Å². The first-order valence-electron chi connectivity index (χ1n) is 7.45. The third kappa shape index (κ3) is 4.15. The Bertz CT molecular complexity index is 504. The number of likely N-dealkylation sites (N-methyl/N-ethyl adjacent to an activating group) is 1. The third-order valence-corrected chi connectivity index (χ3v) is 4.61. The van der Waals surface area contributed by atoms with Gasteiger partial charge in [-0.15, -0.1) is 0 Å². The Morgan fingerprint density at radius 2 is 2.05 bits per heavy atom. The number of carbonyl (C=O) groups is 1. The zero-order valence-electron chi connectivity index (χ0n) is 12.5. The van der Waals surface area contributed by atoms with Gasteiger partial charge in [-0.25, -0.2) is 4.39 Å². The number of nitrogens with one attached hydrogen (secondary N) is 3. The molecule has 6 heteroatoms. The number of halogens is 2. The van der Waals surface area contributed by atoms with E-state index in [1.165, 1.54) is 23.1 Å². The molecule has 116 valence electrons. The van der Waals surface area contributed by atoms with Gasteiger partial charge in [0.15, 0.2) is 6.04 Å². The van der Waals surface area contributed by atoms with Crippen molar-refractivity contribution in [3.63, 3.8) is 0 Å². The molecule has 1 atom stereocenters. The second kappa shape index (κ2) is 7.20. The second-order valence-corrected chi connectivity index (χ2v) is 6.00. The molecule has 0 aliphatic carbocycles. The molecule has 1 saturated heterocycles. The van der Waals surface area contributed by atoms with Crippen molar-refractivity contribution in [3.8, 4) is 0 Å². The Morgan fingerprint density at radius 3 is 2.62 bits per heavy atom. The molecule has 1 aromatic carbocycles. The maximum Gasteiger partial charge on any atom is 0.282 e. The van der Waals surface area contributed by atoms with Crippen LogP contribution in [0.15, 0.2) is 18.2 Å². The van der Waals surface area contributed by atoms with E-state index < -0.39 is 5.82 Å². The van der Waals surface area contributed by atoms with Gasteiger partial charge >= 0.3 is 0 Å². The van der Waals surface area contributed by atoms with Crippen molar-refractivity contribution in [1.82, 2.24) is 0 Å². The van der Waals surface area contributed by atoms with Crippen LogP contribution in [-0.4, -0.2) is 44.7 Å². The molecule has 3 N–H and O–H groups in total.